The average Bonchev–Trinajstić information content (AvgIpc) is 3.45. The number of aromatic nitrogens is 1. The molecule has 0 amide bonds. The van der Waals surface area contributed by atoms with E-state index in [-0.39, 0.29) is 0 Å². The van der Waals surface area contributed by atoms with Crippen molar-refractivity contribution in [1.29, 1.82) is 0 Å². The first-order chi connectivity index (χ1) is 16.9. The van der Waals surface area contributed by atoms with E-state index in [0.717, 1.165) is 44.1 Å². The highest BCUT2D eigenvalue weighted by molar-refractivity contribution is 6.64. The summed E-state index contributed by atoms with van der Waals surface area (Å²) in [5.74, 6) is 0. The third-order valence-corrected chi connectivity index (χ3v) is 7.86. The summed E-state index contributed by atoms with van der Waals surface area (Å²) in [5, 5.41) is 4.58. The van der Waals surface area contributed by atoms with Crippen LogP contribution in [0.4, 0.5) is 0 Å². The first-order valence-corrected chi connectivity index (χ1v) is 12.1. The van der Waals surface area contributed by atoms with Gasteiger partial charge in [-0.15, -0.1) is 0 Å². The van der Waals surface area contributed by atoms with E-state index in [4.69, 9.17) is 13.7 Å². The molecule has 2 aromatic heterocycles. The van der Waals surface area contributed by atoms with E-state index in [1.807, 2.05) is 18.2 Å². The van der Waals surface area contributed by atoms with E-state index in [0.29, 0.717) is 0 Å². The molecule has 0 radical (unpaired) electrons. The van der Waals surface area contributed by atoms with Gasteiger partial charge in [-0.3, -0.25) is 0 Å². The van der Waals surface area contributed by atoms with Gasteiger partial charge in [-0.2, -0.15) is 0 Å². The average molecular weight is 459 g/mol. The van der Waals surface area contributed by atoms with Gasteiger partial charge in [0.05, 0.1) is 33.3 Å². The van der Waals surface area contributed by atoms with Gasteiger partial charge in [0.15, 0.2) is 0 Å². The van der Waals surface area contributed by atoms with Crippen LogP contribution in [0.15, 0.2) is 89.3 Å². The number of hydrogen-bond donors (Lipinski definition) is 0. The molecule has 4 nitrogen and oxygen atoms in total. The molecule has 6 aromatic rings. The largest absolute Gasteiger partial charge is 0.497 e. The molecule has 0 saturated carbocycles. The zero-order chi connectivity index (χ0) is 23.9. The summed E-state index contributed by atoms with van der Waals surface area (Å²) in [6.07, 6.45) is 0. The Morgan fingerprint density at radius 1 is 0.600 bits per heavy atom. The van der Waals surface area contributed by atoms with Crippen LogP contribution in [0.25, 0.3) is 49.4 Å². The molecule has 1 aliphatic heterocycles. The Morgan fingerprint density at radius 2 is 1.14 bits per heavy atom. The van der Waals surface area contributed by atoms with Crippen LogP contribution in [0.2, 0.25) is 0 Å². The van der Waals surface area contributed by atoms with Crippen LogP contribution in [0, 0.1) is 0 Å². The van der Waals surface area contributed by atoms with Gasteiger partial charge >= 0.3 is 7.12 Å². The highest BCUT2D eigenvalue weighted by Gasteiger charge is 2.52. The van der Waals surface area contributed by atoms with Gasteiger partial charge in [0.1, 0.15) is 11.2 Å². The summed E-state index contributed by atoms with van der Waals surface area (Å²) in [4.78, 5) is 0. The van der Waals surface area contributed by atoms with E-state index >= 15 is 0 Å². The second kappa shape index (κ2) is 7.00. The SMILES string of the molecule is CC1(C)OB(c2ccc3oc4ccccc4c3c2-n2c3ccccc3c3ccccc32)OC1(C)C. The van der Waals surface area contributed by atoms with Crippen LogP contribution < -0.4 is 5.46 Å². The van der Waals surface area contributed by atoms with E-state index < -0.39 is 18.3 Å². The first-order valence-electron chi connectivity index (χ1n) is 12.1. The van der Waals surface area contributed by atoms with E-state index in [1.54, 1.807) is 0 Å². The Bertz CT molecular complexity index is 1710. The Labute approximate surface area is 204 Å². The lowest BCUT2D eigenvalue weighted by Crippen LogP contribution is -2.41. The smallest absolute Gasteiger partial charge is 0.456 e. The highest BCUT2D eigenvalue weighted by Crippen LogP contribution is 2.41. The maximum atomic E-state index is 6.58. The van der Waals surface area contributed by atoms with Crippen LogP contribution in [0.5, 0.6) is 0 Å². The molecule has 0 unspecified atom stereocenters. The monoisotopic (exact) mass is 459 g/mol. The van der Waals surface area contributed by atoms with Crippen molar-refractivity contribution in [2.45, 2.75) is 38.9 Å². The van der Waals surface area contributed by atoms with Crippen LogP contribution in [0.3, 0.4) is 0 Å². The zero-order valence-electron chi connectivity index (χ0n) is 20.3. The third kappa shape index (κ3) is 2.83. The molecule has 3 heterocycles. The van der Waals surface area contributed by atoms with Gasteiger partial charge in [0, 0.05) is 21.6 Å². The Morgan fingerprint density at radius 3 is 1.77 bits per heavy atom. The number of rotatable bonds is 2. The van der Waals surface area contributed by atoms with Crippen molar-refractivity contribution in [2.75, 3.05) is 0 Å². The van der Waals surface area contributed by atoms with Crippen molar-refractivity contribution in [2.24, 2.45) is 0 Å². The van der Waals surface area contributed by atoms with Crippen molar-refractivity contribution < 1.29 is 13.7 Å². The molecule has 35 heavy (non-hydrogen) atoms. The fourth-order valence-corrected chi connectivity index (χ4v) is 5.38. The van der Waals surface area contributed by atoms with Gasteiger partial charge in [-0.25, -0.2) is 0 Å². The summed E-state index contributed by atoms with van der Waals surface area (Å²) in [6, 6.07) is 29.5. The maximum absolute atomic E-state index is 6.58. The number of nitrogens with zero attached hydrogens (tertiary/aromatic N) is 1. The van der Waals surface area contributed by atoms with Crippen molar-refractivity contribution in [1.82, 2.24) is 4.57 Å². The predicted molar refractivity (Wildman–Crippen MR) is 144 cm³/mol. The minimum Gasteiger partial charge on any atom is -0.456 e. The normalized spacial score (nSPS) is 17.3. The third-order valence-electron chi connectivity index (χ3n) is 7.86. The van der Waals surface area contributed by atoms with Crippen LogP contribution in [0.1, 0.15) is 27.7 Å². The standard InChI is InChI=1S/C30H26BNO3/c1-29(2)30(3,4)35-31(34-29)22-17-18-26-27(21-13-7-10-16-25(21)33-26)28(22)32-23-14-8-5-11-19(23)20-12-6-9-15-24(20)32/h5-18H,1-4H3. The molecule has 4 aromatic carbocycles. The highest BCUT2D eigenvalue weighted by atomic mass is 16.7. The maximum Gasteiger partial charge on any atom is 0.497 e. The number of benzene rings is 4. The van der Waals surface area contributed by atoms with Crippen molar-refractivity contribution in [3.63, 3.8) is 0 Å². The predicted octanol–water partition coefficient (Wildman–Crippen LogP) is 6.98. The molecule has 0 N–H and O–H groups in total. The lowest BCUT2D eigenvalue weighted by molar-refractivity contribution is 0.00578. The molecule has 1 aliphatic rings. The van der Waals surface area contributed by atoms with Crippen molar-refractivity contribution in [3.05, 3.63) is 84.9 Å². The minimum atomic E-state index is -0.506. The summed E-state index contributed by atoms with van der Waals surface area (Å²) >= 11 is 0. The van der Waals surface area contributed by atoms with E-state index in [1.165, 1.54) is 10.8 Å². The quantitative estimate of drug-likeness (QED) is 0.262. The second-order valence-electron chi connectivity index (χ2n) is 10.4. The van der Waals surface area contributed by atoms with Crippen molar-refractivity contribution in [3.8, 4) is 5.69 Å². The molecule has 5 heteroatoms. The summed E-state index contributed by atoms with van der Waals surface area (Å²) in [5.41, 5.74) is 5.16. The number of hydrogen-bond acceptors (Lipinski definition) is 3. The van der Waals surface area contributed by atoms with Crippen LogP contribution in [-0.4, -0.2) is 22.9 Å². The number of furan rings is 1. The van der Waals surface area contributed by atoms with Gasteiger partial charge < -0.3 is 18.3 Å². The summed E-state index contributed by atoms with van der Waals surface area (Å²) in [7, 11) is -0.506. The Hall–Kier alpha value is -3.54. The molecule has 0 atom stereocenters. The summed E-state index contributed by atoms with van der Waals surface area (Å²) < 4.78 is 21.8. The van der Waals surface area contributed by atoms with Crippen LogP contribution in [-0.2, 0) is 9.31 Å². The molecular weight excluding hydrogens is 433 g/mol. The van der Waals surface area contributed by atoms with Crippen molar-refractivity contribution >= 4 is 56.3 Å². The van der Waals surface area contributed by atoms with Crippen LogP contribution >= 0.6 is 0 Å². The molecule has 1 saturated heterocycles. The topological polar surface area (TPSA) is 36.5 Å². The van der Waals surface area contributed by atoms with Gasteiger partial charge in [0.25, 0.3) is 0 Å². The molecule has 0 spiro atoms. The summed E-state index contributed by atoms with van der Waals surface area (Å²) in [6.45, 7) is 8.38. The van der Waals surface area contributed by atoms with Gasteiger partial charge in [0.2, 0.25) is 0 Å². The molecular formula is C30H26BNO3. The van der Waals surface area contributed by atoms with E-state index in [9.17, 15) is 0 Å². The van der Waals surface area contributed by atoms with Gasteiger partial charge in [-0.05, 0) is 52.0 Å². The minimum absolute atomic E-state index is 0.441. The molecule has 7 rings (SSSR count). The fourth-order valence-electron chi connectivity index (χ4n) is 5.38. The number of fused-ring (bicyclic) bond motifs is 6. The lowest BCUT2D eigenvalue weighted by Gasteiger charge is -2.32. The molecule has 0 aliphatic carbocycles. The first kappa shape index (κ1) is 20.8. The molecule has 0 bridgehead atoms. The lowest BCUT2D eigenvalue weighted by atomic mass is 9.76. The molecule has 1 fully saturated rings. The number of para-hydroxylation sites is 3. The Kier molecular flexibility index (Phi) is 4.16. The second-order valence-corrected chi connectivity index (χ2v) is 10.4. The van der Waals surface area contributed by atoms with E-state index in [2.05, 4.69) is 99.0 Å². The fraction of sp³-hybridized carbons (Fsp3) is 0.200. The molecule has 172 valence electrons. The zero-order valence-corrected chi connectivity index (χ0v) is 20.3. The Balaban J connectivity index is 1.66. The van der Waals surface area contributed by atoms with Gasteiger partial charge in [-0.1, -0.05) is 60.7 Å².